The van der Waals surface area contributed by atoms with E-state index in [2.05, 4.69) is 10.6 Å². The zero-order valence-electron chi connectivity index (χ0n) is 9.56. The third-order valence-corrected chi connectivity index (χ3v) is 3.28. The average Bonchev–Trinajstić information content (AvgIpc) is 2.22. The minimum absolute atomic E-state index is 0.0793. The maximum atomic E-state index is 13.5. The fourth-order valence-corrected chi connectivity index (χ4v) is 2.06. The predicted molar refractivity (Wildman–Crippen MR) is 59.2 cm³/mol. The van der Waals surface area contributed by atoms with Gasteiger partial charge in [0.25, 0.3) is 0 Å². The van der Waals surface area contributed by atoms with Gasteiger partial charge in [0.15, 0.2) is 11.6 Å². The summed E-state index contributed by atoms with van der Waals surface area (Å²) in [4.78, 5) is 0. The number of benzene rings is 1. The molecule has 0 aromatic heterocycles. The summed E-state index contributed by atoms with van der Waals surface area (Å²) in [6.45, 7) is 1.74. The third kappa shape index (κ3) is 2.61. The molecule has 0 spiro atoms. The van der Waals surface area contributed by atoms with Crippen LogP contribution in [0.15, 0.2) is 12.1 Å². The van der Waals surface area contributed by atoms with E-state index >= 15 is 0 Å². The maximum Gasteiger partial charge on any atom is 0.161 e. The van der Waals surface area contributed by atoms with Crippen molar-refractivity contribution in [3.05, 3.63) is 35.1 Å². The van der Waals surface area contributed by atoms with Crippen LogP contribution in [0.5, 0.6) is 0 Å². The minimum Gasteiger partial charge on any atom is -0.316 e. The molecule has 17 heavy (non-hydrogen) atoms. The van der Waals surface area contributed by atoms with Gasteiger partial charge in [0.2, 0.25) is 0 Å². The molecule has 94 valence electrons. The summed E-state index contributed by atoms with van der Waals surface area (Å²) in [6.07, 6.45) is 0.367. The number of halogens is 3. The lowest BCUT2D eigenvalue weighted by Crippen LogP contribution is -2.53. The van der Waals surface area contributed by atoms with Crippen LogP contribution in [-0.2, 0) is 6.42 Å². The zero-order valence-corrected chi connectivity index (χ0v) is 9.56. The van der Waals surface area contributed by atoms with Gasteiger partial charge in [0, 0.05) is 25.2 Å². The Morgan fingerprint density at radius 1 is 1.24 bits per heavy atom. The van der Waals surface area contributed by atoms with E-state index in [4.69, 9.17) is 0 Å². The SMILES string of the molecule is CNC(Cc1cc(F)c(F)cc1F)C1CNC1. The summed E-state index contributed by atoms with van der Waals surface area (Å²) in [6, 6.07) is 1.63. The standard InChI is InChI=1S/C12H15F3N2/c1-16-12(8-5-17-6-8)3-7-2-10(14)11(15)4-9(7)13/h2,4,8,12,16-17H,3,5-6H2,1H3. The lowest BCUT2D eigenvalue weighted by Gasteiger charge is -2.34. The third-order valence-electron chi connectivity index (χ3n) is 3.28. The lowest BCUT2D eigenvalue weighted by atomic mass is 9.89. The van der Waals surface area contributed by atoms with E-state index in [-0.39, 0.29) is 11.6 Å². The van der Waals surface area contributed by atoms with Gasteiger partial charge in [0.1, 0.15) is 5.82 Å². The maximum absolute atomic E-state index is 13.5. The highest BCUT2D eigenvalue weighted by molar-refractivity contribution is 5.21. The van der Waals surface area contributed by atoms with Crippen LogP contribution in [0.25, 0.3) is 0 Å². The minimum atomic E-state index is -1.14. The van der Waals surface area contributed by atoms with E-state index in [9.17, 15) is 13.2 Å². The lowest BCUT2D eigenvalue weighted by molar-refractivity contribution is 0.261. The van der Waals surface area contributed by atoms with Crippen LogP contribution in [0, 0.1) is 23.4 Å². The van der Waals surface area contributed by atoms with Crippen LogP contribution in [0.4, 0.5) is 13.2 Å². The first-order valence-corrected chi connectivity index (χ1v) is 5.63. The molecule has 1 saturated heterocycles. The summed E-state index contributed by atoms with van der Waals surface area (Å²) in [5.74, 6) is -2.41. The first-order chi connectivity index (χ1) is 8.11. The molecule has 1 aromatic carbocycles. The van der Waals surface area contributed by atoms with Gasteiger partial charge in [-0.25, -0.2) is 13.2 Å². The van der Waals surface area contributed by atoms with Crippen molar-refractivity contribution in [3.8, 4) is 0 Å². The molecule has 2 rings (SSSR count). The number of hydrogen-bond acceptors (Lipinski definition) is 2. The Morgan fingerprint density at radius 2 is 1.88 bits per heavy atom. The van der Waals surface area contributed by atoms with Crippen molar-refractivity contribution in [3.63, 3.8) is 0 Å². The van der Waals surface area contributed by atoms with E-state index in [0.29, 0.717) is 18.4 Å². The van der Waals surface area contributed by atoms with Gasteiger partial charge in [-0.1, -0.05) is 0 Å². The molecule has 2 N–H and O–H groups in total. The predicted octanol–water partition coefficient (Wildman–Crippen LogP) is 1.45. The fraction of sp³-hybridized carbons (Fsp3) is 0.500. The number of nitrogens with one attached hydrogen (secondary N) is 2. The van der Waals surface area contributed by atoms with Gasteiger partial charge in [-0.2, -0.15) is 0 Å². The average molecular weight is 244 g/mol. The van der Waals surface area contributed by atoms with Gasteiger partial charge >= 0.3 is 0 Å². The van der Waals surface area contributed by atoms with Crippen molar-refractivity contribution >= 4 is 0 Å². The monoisotopic (exact) mass is 244 g/mol. The number of likely N-dealkylation sites (N-methyl/N-ethyl adjacent to an activating group) is 1. The highest BCUT2D eigenvalue weighted by Crippen LogP contribution is 2.19. The molecule has 1 aromatic rings. The number of hydrogen-bond donors (Lipinski definition) is 2. The van der Waals surface area contributed by atoms with Crippen LogP contribution < -0.4 is 10.6 Å². The van der Waals surface area contributed by atoms with Gasteiger partial charge in [-0.3, -0.25) is 0 Å². The Hall–Kier alpha value is -1.07. The molecule has 0 aliphatic carbocycles. The molecule has 0 radical (unpaired) electrons. The molecule has 1 fully saturated rings. The van der Waals surface area contributed by atoms with Crippen LogP contribution in [0.1, 0.15) is 5.56 Å². The summed E-state index contributed by atoms with van der Waals surface area (Å²) in [5.41, 5.74) is 0.218. The molecule has 2 nitrogen and oxygen atoms in total. The second kappa shape index (κ2) is 5.06. The van der Waals surface area contributed by atoms with E-state index in [0.717, 1.165) is 19.2 Å². The molecule has 1 atom stereocenters. The smallest absolute Gasteiger partial charge is 0.161 e. The van der Waals surface area contributed by atoms with Crippen LogP contribution in [-0.4, -0.2) is 26.2 Å². The Morgan fingerprint density at radius 3 is 2.41 bits per heavy atom. The summed E-state index contributed by atoms with van der Waals surface area (Å²) in [7, 11) is 1.79. The first-order valence-electron chi connectivity index (χ1n) is 5.63. The highest BCUT2D eigenvalue weighted by Gasteiger charge is 2.27. The van der Waals surface area contributed by atoms with Crippen molar-refractivity contribution in [1.29, 1.82) is 0 Å². The normalized spacial score (nSPS) is 17.9. The zero-order chi connectivity index (χ0) is 12.4. The van der Waals surface area contributed by atoms with E-state index < -0.39 is 17.5 Å². The van der Waals surface area contributed by atoms with Gasteiger partial charge < -0.3 is 10.6 Å². The molecule has 0 saturated carbocycles. The molecule has 1 aliphatic rings. The highest BCUT2D eigenvalue weighted by atomic mass is 19.2. The summed E-state index contributed by atoms with van der Waals surface area (Å²) >= 11 is 0. The molecule has 1 aliphatic heterocycles. The molecule has 1 unspecified atom stereocenters. The van der Waals surface area contributed by atoms with Gasteiger partial charge in [-0.15, -0.1) is 0 Å². The summed E-state index contributed by atoms with van der Waals surface area (Å²) < 4.78 is 39.3. The van der Waals surface area contributed by atoms with Crippen LogP contribution >= 0.6 is 0 Å². The van der Waals surface area contributed by atoms with E-state index in [1.54, 1.807) is 7.05 Å². The number of rotatable bonds is 4. The fourth-order valence-electron chi connectivity index (χ4n) is 2.06. The Labute approximate surface area is 98.2 Å². The quantitative estimate of drug-likeness (QED) is 0.783. The van der Waals surface area contributed by atoms with Crippen LogP contribution in [0.3, 0.4) is 0 Å². The molecule has 0 amide bonds. The summed E-state index contributed by atoms with van der Waals surface area (Å²) in [5, 5.41) is 6.22. The second-order valence-corrected chi connectivity index (χ2v) is 4.38. The van der Waals surface area contributed by atoms with Crippen molar-refractivity contribution < 1.29 is 13.2 Å². The molecular formula is C12H15F3N2. The van der Waals surface area contributed by atoms with Crippen molar-refractivity contribution in [2.24, 2.45) is 5.92 Å². The van der Waals surface area contributed by atoms with Crippen molar-refractivity contribution in [2.75, 3.05) is 20.1 Å². The van der Waals surface area contributed by atoms with Gasteiger partial charge in [-0.05, 0) is 31.0 Å². The molecule has 1 heterocycles. The van der Waals surface area contributed by atoms with Gasteiger partial charge in [0.05, 0.1) is 0 Å². The largest absolute Gasteiger partial charge is 0.316 e. The molecule has 0 bridgehead atoms. The van der Waals surface area contributed by atoms with E-state index in [1.807, 2.05) is 0 Å². The topological polar surface area (TPSA) is 24.1 Å². The Kier molecular flexibility index (Phi) is 3.69. The second-order valence-electron chi connectivity index (χ2n) is 4.38. The van der Waals surface area contributed by atoms with E-state index in [1.165, 1.54) is 0 Å². The molecular weight excluding hydrogens is 229 g/mol. The van der Waals surface area contributed by atoms with Crippen LogP contribution in [0.2, 0.25) is 0 Å². The van der Waals surface area contributed by atoms with Crippen molar-refractivity contribution in [2.45, 2.75) is 12.5 Å². The Balaban J connectivity index is 2.13. The Bertz CT molecular complexity index is 405. The first kappa shape index (κ1) is 12.4. The van der Waals surface area contributed by atoms with Crippen molar-refractivity contribution in [1.82, 2.24) is 10.6 Å². The molecule has 5 heteroatoms.